The Bertz CT molecular complexity index is 1170. The molecule has 1 amide bonds. The highest BCUT2D eigenvalue weighted by Crippen LogP contribution is 2.25. The number of aromatic nitrogens is 2. The molecular weight excluding hydrogens is 394 g/mol. The lowest BCUT2D eigenvalue weighted by Gasteiger charge is -2.08. The van der Waals surface area contributed by atoms with E-state index in [4.69, 9.17) is 14.0 Å². The zero-order chi connectivity index (χ0) is 21.6. The highest BCUT2D eigenvalue weighted by Gasteiger charge is 2.11. The maximum Gasteiger partial charge on any atom is 0.262 e. The summed E-state index contributed by atoms with van der Waals surface area (Å²) >= 11 is 0. The van der Waals surface area contributed by atoms with Gasteiger partial charge in [0.2, 0.25) is 5.82 Å². The van der Waals surface area contributed by atoms with Crippen LogP contribution in [0, 0.1) is 6.92 Å². The summed E-state index contributed by atoms with van der Waals surface area (Å²) in [5.41, 5.74) is 3.30. The first-order chi connectivity index (χ1) is 15.1. The van der Waals surface area contributed by atoms with Gasteiger partial charge in [0.1, 0.15) is 11.5 Å². The monoisotopic (exact) mass is 415 g/mol. The second-order valence-corrected chi connectivity index (χ2v) is 6.88. The van der Waals surface area contributed by atoms with Crippen molar-refractivity contribution in [1.82, 2.24) is 10.1 Å². The minimum Gasteiger partial charge on any atom is -0.497 e. The fourth-order valence-corrected chi connectivity index (χ4v) is 2.95. The van der Waals surface area contributed by atoms with Crippen molar-refractivity contribution in [3.8, 4) is 34.3 Å². The second kappa shape index (κ2) is 9.13. The number of nitrogens with zero attached hydrogens (tertiary/aromatic N) is 2. The van der Waals surface area contributed by atoms with Gasteiger partial charge in [-0.25, -0.2) is 0 Å². The highest BCUT2D eigenvalue weighted by atomic mass is 16.5. The maximum absolute atomic E-state index is 12.1. The van der Waals surface area contributed by atoms with Gasteiger partial charge in [-0.1, -0.05) is 17.3 Å². The number of carbonyl (C=O) groups excluding carboxylic acids is 1. The van der Waals surface area contributed by atoms with Gasteiger partial charge in [-0.3, -0.25) is 4.79 Å². The predicted octanol–water partition coefficient (Wildman–Crippen LogP) is 4.74. The molecule has 0 aliphatic heterocycles. The molecule has 0 unspecified atom stereocenters. The Morgan fingerprint density at radius 1 is 0.968 bits per heavy atom. The van der Waals surface area contributed by atoms with Crippen LogP contribution in [0.5, 0.6) is 11.5 Å². The number of methoxy groups -OCH3 is 1. The minimum absolute atomic E-state index is 0.0694. The molecule has 0 atom stereocenters. The molecule has 1 heterocycles. The van der Waals surface area contributed by atoms with Gasteiger partial charge < -0.3 is 19.3 Å². The molecule has 156 valence electrons. The Morgan fingerprint density at radius 3 is 2.42 bits per heavy atom. The van der Waals surface area contributed by atoms with Crippen molar-refractivity contribution in [2.75, 3.05) is 19.0 Å². The standard InChI is InChI=1S/C24H21N3O4/c1-16-4-3-5-21(14-16)30-15-22(28)25-19-10-6-18(7-11-19)24-26-23(27-31-24)17-8-12-20(29-2)13-9-17/h3-14H,15H2,1-2H3,(H,25,28). The molecule has 0 saturated heterocycles. The molecule has 0 aliphatic rings. The highest BCUT2D eigenvalue weighted by molar-refractivity contribution is 5.92. The zero-order valence-corrected chi connectivity index (χ0v) is 17.2. The smallest absolute Gasteiger partial charge is 0.262 e. The van der Waals surface area contributed by atoms with E-state index in [9.17, 15) is 4.79 Å². The number of rotatable bonds is 7. The lowest BCUT2D eigenvalue weighted by Crippen LogP contribution is -2.20. The van der Waals surface area contributed by atoms with Crippen molar-refractivity contribution in [3.05, 3.63) is 78.4 Å². The van der Waals surface area contributed by atoms with Crippen LogP contribution in [-0.4, -0.2) is 29.8 Å². The van der Waals surface area contributed by atoms with Gasteiger partial charge in [-0.15, -0.1) is 0 Å². The number of hydrogen-bond acceptors (Lipinski definition) is 6. The van der Waals surface area contributed by atoms with E-state index in [0.29, 0.717) is 23.2 Å². The van der Waals surface area contributed by atoms with Crippen molar-refractivity contribution in [1.29, 1.82) is 0 Å². The number of hydrogen-bond donors (Lipinski definition) is 1. The van der Waals surface area contributed by atoms with Crippen LogP contribution in [-0.2, 0) is 4.79 Å². The van der Waals surface area contributed by atoms with Gasteiger partial charge in [0.15, 0.2) is 6.61 Å². The number of aryl methyl sites for hydroxylation is 1. The van der Waals surface area contributed by atoms with Crippen LogP contribution in [0.1, 0.15) is 5.56 Å². The molecule has 4 aromatic rings. The van der Waals surface area contributed by atoms with E-state index in [1.807, 2.05) is 67.6 Å². The summed E-state index contributed by atoms with van der Waals surface area (Å²) in [6.07, 6.45) is 0. The third kappa shape index (κ3) is 5.08. The van der Waals surface area contributed by atoms with Crippen LogP contribution in [0.4, 0.5) is 5.69 Å². The second-order valence-electron chi connectivity index (χ2n) is 6.88. The van der Waals surface area contributed by atoms with Crippen molar-refractivity contribution in [2.45, 2.75) is 6.92 Å². The Hall–Kier alpha value is -4.13. The molecular formula is C24H21N3O4. The van der Waals surface area contributed by atoms with Gasteiger partial charge in [0.25, 0.3) is 11.8 Å². The van der Waals surface area contributed by atoms with E-state index in [1.165, 1.54) is 0 Å². The van der Waals surface area contributed by atoms with Gasteiger partial charge in [-0.2, -0.15) is 4.98 Å². The lowest BCUT2D eigenvalue weighted by atomic mass is 10.2. The van der Waals surface area contributed by atoms with Crippen LogP contribution < -0.4 is 14.8 Å². The van der Waals surface area contributed by atoms with E-state index in [0.717, 1.165) is 22.4 Å². The van der Waals surface area contributed by atoms with Crippen molar-refractivity contribution < 1.29 is 18.8 Å². The molecule has 1 aromatic heterocycles. The molecule has 0 radical (unpaired) electrons. The normalized spacial score (nSPS) is 10.5. The number of benzene rings is 3. The molecule has 7 heteroatoms. The van der Waals surface area contributed by atoms with Gasteiger partial charge >= 0.3 is 0 Å². The lowest BCUT2D eigenvalue weighted by molar-refractivity contribution is -0.118. The third-order valence-electron chi connectivity index (χ3n) is 4.55. The average Bonchev–Trinajstić information content (AvgIpc) is 3.29. The van der Waals surface area contributed by atoms with Crippen LogP contribution in [0.25, 0.3) is 22.8 Å². The minimum atomic E-state index is -0.242. The number of carbonyl (C=O) groups is 1. The fraction of sp³-hybridized carbons (Fsp3) is 0.125. The van der Waals surface area contributed by atoms with E-state index in [-0.39, 0.29) is 12.5 Å². The summed E-state index contributed by atoms with van der Waals surface area (Å²) in [7, 11) is 1.62. The third-order valence-corrected chi connectivity index (χ3v) is 4.55. The van der Waals surface area contributed by atoms with E-state index in [2.05, 4.69) is 15.5 Å². The van der Waals surface area contributed by atoms with Crippen LogP contribution >= 0.6 is 0 Å². The predicted molar refractivity (Wildman–Crippen MR) is 117 cm³/mol. The molecule has 7 nitrogen and oxygen atoms in total. The first kappa shape index (κ1) is 20.2. The summed E-state index contributed by atoms with van der Waals surface area (Å²) in [5, 5.41) is 6.84. The molecule has 4 rings (SSSR count). The molecule has 0 bridgehead atoms. The Morgan fingerprint density at radius 2 is 1.71 bits per heavy atom. The Balaban J connectivity index is 1.36. The molecule has 0 saturated carbocycles. The van der Waals surface area contributed by atoms with Gasteiger partial charge in [0, 0.05) is 16.8 Å². The summed E-state index contributed by atoms with van der Waals surface area (Å²) in [6.45, 7) is 1.90. The number of ether oxygens (including phenoxy) is 2. The molecule has 0 fully saturated rings. The molecule has 3 aromatic carbocycles. The summed E-state index contributed by atoms with van der Waals surface area (Å²) < 4.78 is 16.1. The Labute approximate surface area is 179 Å². The first-order valence-electron chi connectivity index (χ1n) is 9.68. The quantitative estimate of drug-likeness (QED) is 0.469. The van der Waals surface area contributed by atoms with Crippen molar-refractivity contribution >= 4 is 11.6 Å². The van der Waals surface area contributed by atoms with Crippen LogP contribution in [0.15, 0.2) is 77.3 Å². The first-order valence-corrected chi connectivity index (χ1v) is 9.68. The molecule has 31 heavy (non-hydrogen) atoms. The summed E-state index contributed by atoms with van der Waals surface area (Å²) in [6, 6.07) is 22.1. The largest absolute Gasteiger partial charge is 0.497 e. The number of anilines is 1. The summed E-state index contributed by atoms with van der Waals surface area (Å²) in [4.78, 5) is 16.6. The maximum atomic E-state index is 12.1. The van der Waals surface area contributed by atoms with Crippen LogP contribution in [0.2, 0.25) is 0 Å². The number of amides is 1. The van der Waals surface area contributed by atoms with E-state index in [1.54, 1.807) is 19.2 Å². The van der Waals surface area contributed by atoms with Crippen LogP contribution in [0.3, 0.4) is 0 Å². The fourth-order valence-electron chi connectivity index (χ4n) is 2.95. The molecule has 1 N–H and O–H groups in total. The van der Waals surface area contributed by atoms with Crippen molar-refractivity contribution in [3.63, 3.8) is 0 Å². The number of nitrogens with one attached hydrogen (secondary N) is 1. The SMILES string of the molecule is COc1ccc(-c2noc(-c3ccc(NC(=O)COc4cccc(C)c4)cc3)n2)cc1. The topological polar surface area (TPSA) is 86.5 Å². The van der Waals surface area contributed by atoms with Gasteiger partial charge in [-0.05, 0) is 73.2 Å². The van der Waals surface area contributed by atoms with Gasteiger partial charge in [0.05, 0.1) is 7.11 Å². The van der Waals surface area contributed by atoms with E-state index < -0.39 is 0 Å². The van der Waals surface area contributed by atoms with E-state index >= 15 is 0 Å². The molecule has 0 aliphatic carbocycles. The Kier molecular flexibility index (Phi) is 5.93. The zero-order valence-electron chi connectivity index (χ0n) is 17.2. The average molecular weight is 415 g/mol. The summed E-state index contributed by atoms with van der Waals surface area (Å²) in [5.74, 6) is 2.06. The van der Waals surface area contributed by atoms with Crippen molar-refractivity contribution in [2.24, 2.45) is 0 Å². The molecule has 0 spiro atoms.